The van der Waals surface area contributed by atoms with Gasteiger partial charge in [-0.3, -0.25) is 0 Å². The Bertz CT molecular complexity index is 83.8. The Balaban J connectivity index is 3.39. The van der Waals surface area contributed by atoms with Crippen molar-refractivity contribution in [3.05, 3.63) is 12.3 Å². The molecule has 0 saturated carbocycles. The lowest BCUT2D eigenvalue weighted by Crippen LogP contribution is -1.57. The quantitative estimate of drug-likeness (QED) is 0.425. The lowest BCUT2D eigenvalue weighted by molar-refractivity contribution is 0.337. The molecule has 0 aromatic carbocycles. The van der Waals surface area contributed by atoms with Gasteiger partial charge in [0.1, 0.15) is 0 Å². The summed E-state index contributed by atoms with van der Waals surface area (Å²) in [6.07, 6.45) is 2.67. The summed E-state index contributed by atoms with van der Waals surface area (Å²) < 4.78 is 23.7. The molecule has 0 aromatic heterocycles. The smallest absolute Gasteiger partial charge is 0.0781 e. The topological polar surface area (TPSA) is 9.23 Å². The van der Waals surface area contributed by atoms with Gasteiger partial charge in [0.2, 0.25) is 0 Å². The van der Waals surface area contributed by atoms with E-state index in [0.29, 0.717) is 0 Å². The van der Waals surface area contributed by atoms with Crippen LogP contribution in [-0.2, 0) is 4.74 Å². The second kappa shape index (κ2) is 3.54. The molecule has 5 heavy (non-hydrogen) atoms. The molecule has 0 saturated heterocycles. The fourth-order valence-electron chi connectivity index (χ4n) is 0.0680. The van der Waals surface area contributed by atoms with Crippen molar-refractivity contribution in [2.75, 3.05) is 7.04 Å². The molecule has 0 N–H and O–H groups in total. The van der Waals surface area contributed by atoms with Crippen LogP contribution < -0.4 is 0 Å². The zero-order valence-corrected chi connectivity index (χ0v) is 3.06. The summed E-state index contributed by atoms with van der Waals surface area (Å²) in [6.45, 7) is 1.69. The van der Waals surface area contributed by atoms with Crippen LogP contribution in [0.5, 0.6) is 0 Å². The van der Waals surface area contributed by atoms with Crippen LogP contribution >= 0.6 is 0 Å². The van der Waals surface area contributed by atoms with E-state index in [1.807, 2.05) is 0 Å². The highest BCUT2D eigenvalue weighted by Crippen LogP contribution is 1.64. The molecule has 0 fully saturated rings. The van der Waals surface area contributed by atoms with Gasteiger partial charge in [-0.2, -0.15) is 0 Å². The molecule has 0 rings (SSSR count). The summed E-state index contributed by atoms with van der Waals surface area (Å²) in [5.41, 5.74) is 0. The molecular formula is C4H8O. The predicted molar refractivity (Wildman–Crippen MR) is 21.8 cm³/mol. The maximum Gasteiger partial charge on any atom is 0.0781 e. The van der Waals surface area contributed by atoms with Crippen LogP contribution in [0.3, 0.4) is 0 Å². The molecule has 30 valence electrons. The zero-order valence-electron chi connectivity index (χ0n) is 6.06. The van der Waals surface area contributed by atoms with E-state index in [1.165, 1.54) is 6.08 Å². The van der Waals surface area contributed by atoms with Crippen molar-refractivity contribution in [3.63, 3.8) is 0 Å². The molecule has 0 heterocycles. The third kappa shape index (κ3) is 3.54. The van der Waals surface area contributed by atoms with Crippen LogP contribution in [-0.4, -0.2) is 7.04 Å². The van der Waals surface area contributed by atoms with Crippen LogP contribution in [0, 0.1) is 0 Å². The van der Waals surface area contributed by atoms with Crippen LogP contribution in [0.2, 0.25) is 0 Å². The number of allylic oxidation sites excluding steroid dienone is 1. The molecule has 0 spiro atoms. The van der Waals surface area contributed by atoms with Gasteiger partial charge in [0.15, 0.2) is 0 Å². The average Bonchev–Trinajstić information content (AvgIpc) is 1.59. The van der Waals surface area contributed by atoms with Crippen LogP contribution in [0.1, 0.15) is 11.0 Å². The van der Waals surface area contributed by atoms with Gasteiger partial charge in [0.05, 0.1) is 17.4 Å². The van der Waals surface area contributed by atoms with Crippen LogP contribution in [0.4, 0.5) is 0 Å². The Morgan fingerprint density at radius 2 is 2.80 bits per heavy atom. The van der Waals surface area contributed by atoms with E-state index in [4.69, 9.17) is 4.11 Å². The van der Waals surface area contributed by atoms with Crippen LogP contribution in [0.15, 0.2) is 12.3 Å². The summed E-state index contributed by atoms with van der Waals surface area (Å²) in [6, 6.07) is 0. The first kappa shape index (κ1) is 1.33. The van der Waals surface area contributed by atoms with Gasteiger partial charge in [-0.1, -0.05) is 6.08 Å². The molecular weight excluding hydrogens is 64.0 g/mol. The highest BCUT2D eigenvalue weighted by atomic mass is 16.5. The fourth-order valence-corrected chi connectivity index (χ4v) is 0.0680. The summed E-state index contributed by atoms with van der Waals surface area (Å²) in [5.74, 6) is 0. The highest BCUT2D eigenvalue weighted by molar-refractivity contribution is 4.63. The Labute approximate surface area is 36.5 Å². The summed E-state index contributed by atoms with van der Waals surface area (Å²) >= 11 is 0. The van der Waals surface area contributed by atoms with Gasteiger partial charge >= 0.3 is 0 Å². The molecule has 0 aromatic rings. The SMILES string of the molecule is [2H]C([2H])([2H])OC=CC. The van der Waals surface area contributed by atoms with Crippen molar-refractivity contribution in [1.82, 2.24) is 0 Å². The first-order valence-corrected chi connectivity index (χ1v) is 1.35. The van der Waals surface area contributed by atoms with Crippen LogP contribution in [0.25, 0.3) is 0 Å². The summed E-state index contributed by atoms with van der Waals surface area (Å²) in [4.78, 5) is 0. The molecule has 0 aliphatic carbocycles. The maximum atomic E-state index is 6.50. The molecule has 0 radical (unpaired) electrons. The number of methoxy groups -OCH3 is 1. The molecule has 0 bridgehead atoms. The van der Waals surface area contributed by atoms with E-state index in [9.17, 15) is 0 Å². The van der Waals surface area contributed by atoms with Crippen molar-refractivity contribution in [1.29, 1.82) is 0 Å². The van der Waals surface area contributed by atoms with Crippen molar-refractivity contribution < 1.29 is 8.85 Å². The van der Waals surface area contributed by atoms with Crippen molar-refractivity contribution in [2.45, 2.75) is 6.92 Å². The van der Waals surface area contributed by atoms with Gasteiger partial charge in [0.25, 0.3) is 0 Å². The van der Waals surface area contributed by atoms with Crippen molar-refractivity contribution >= 4 is 0 Å². The van der Waals surface area contributed by atoms with Crippen molar-refractivity contribution in [3.8, 4) is 0 Å². The number of ether oxygens (including phenoxy) is 1. The van der Waals surface area contributed by atoms with E-state index < -0.39 is 7.04 Å². The Hall–Kier alpha value is -0.460. The highest BCUT2D eigenvalue weighted by Gasteiger charge is 1.47. The first-order chi connectivity index (χ1) is 3.56. The Morgan fingerprint density at radius 1 is 2.00 bits per heavy atom. The first-order valence-electron chi connectivity index (χ1n) is 2.85. The minimum Gasteiger partial charge on any atom is -0.505 e. The van der Waals surface area contributed by atoms with Gasteiger partial charge in [-0.05, 0) is 6.92 Å². The summed E-state index contributed by atoms with van der Waals surface area (Å²) in [7, 11) is -2.29. The van der Waals surface area contributed by atoms with Crippen molar-refractivity contribution in [2.24, 2.45) is 0 Å². The zero-order chi connectivity index (χ0) is 6.62. The predicted octanol–water partition coefficient (Wildman–Crippen LogP) is 1.17. The maximum absolute atomic E-state index is 6.50. The average molecular weight is 75.1 g/mol. The minimum atomic E-state index is -2.29. The monoisotopic (exact) mass is 75.1 g/mol. The molecule has 0 atom stereocenters. The normalized spacial score (nSPS) is 20.6. The van der Waals surface area contributed by atoms with E-state index in [1.54, 1.807) is 6.92 Å². The van der Waals surface area contributed by atoms with Gasteiger partial charge in [0, 0.05) is 0 Å². The number of rotatable bonds is 1. The Morgan fingerprint density at radius 3 is 3.00 bits per heavy atom. The molecule has 1 nitrogen and oxygen atoms in total. The third-order valence-corrected chi connectivity index (χ3v) is 0.204. The summed E-state index contributed by atoms with van der Waals surface area (Å²) in [5, 5.41) is 0. The molecule has 0 amide bonds. The van der Waals surface area contributed by atoms with E-state index in [-0.39, 0.29) is 0 Å². The molecule has 0 aliphatic rings. The fraction of sp³-hybridized carbons (Fsp3) is 0.500. The lowest BCUT2D eigenvalue weighted by Gasteiger charge is -1.76. The Kier molecular flexibility index (Phi) is 0.942. The van der Waals surface area contributed by atoms with Gasteiger partial charge < -0.3 is 4.74 Å². The third-order valence-electron chi connectivity index (χ3n) is 0.204. The van der Waals surface area contributed by atoms with E-state index >= 15 is 0 Å². The standard InChI is InChI=1S/C4H8O/c1-3-4-5-2/h3-4H,1-2H3/i2D3. The second-order valence-electron chi connectivity index (χ2n) is 0.587. The minimum absolute atomic E-state index is 1.15. The van der Waals surface area contributed by atoms with Gasteiger partial charge in [-0.15, -0.1) is 0 Å². The number of hydrogen-bond acceptors (Lipinski definition) is 1. The largest absolute Gasteiger partial charge is 0.505 e. The van der Waals surface area contributed by atoms with E-state index in [0.717, 1.165) is 6.26 Å². The van der Waals surface area contributed by atoms with Gasteiger partial charge in [-0.25, -0.2) is 0 Å². The molecule has 0 aliphatic heterocycles. The molecule has 1 heteroatoms. The lowest BCUT2D eigenvalue weighted by atomic mass is 10.7. The molecule has 0 unspecified atom stereocenters. The second-order valence-corrected chi connectivity index (χ2v) is 0.587. The van der Waals surface area contributed by atoms with E-state index in [2.05, 4.69) is 4.74 Å². The number of hydrogen-bond donors (Lipinski definition) is 0.